The van der Waals surface area contributed by atoms with Gasteiger partial charge in [0, 0.05) is 11.1 Å². The lowest BCUT2D eigenvalue weighted by Crippen LogP contribution is -2.31. The fraction of sp³-hybridized carbons (Fsp3) is 0.222. The first-order valence-electron chi connectivity index (χ1n) is 4.77. The van der Waals surface area contributed by atoms with Crippen LogP contribution in [0, 0.1) is 6.92 Å². The van der Waals surface area contributed by atoms with Crippen LogP contribution in [0.3, 0.4) is 0 Å². The Morgan fingerprint density at radius 3 is 2.78 bits per heavy atom. The van der Waals surface area contributed by atoms with E-state index in [0.717, 1.165) is 12.0 Å². The zero-order valence-electron chi connectivity index (χ0n) is 9.50. The first kappa shape index (κ1) is 12.7. The molecule has 0 saturated carbocycles. The van der Waals surface area contributed by atoms with Crippen molar-refractivity contribution in [1.82, 2.24) is 9.71 Å². The highest BCUT2D eigenvalue weighted by Crippen LogP contribution is 2.17. The van der Waals surface area contributed by atoms with Gasteiger partial charge in [-0.25, -0.2) is 9.78 Å². The molecule has 1 aliphatic rings. The van der Waals surface area contributed by atoms with Crippen LogP contribution in [0.15, 0.2) is 22.4 Å². The summed E-state index contributed by atoms with van der Waals surface area (Å²) < 4.78 is 33.0. The van der Waals surface area contributed by atoms with Crippen molar-refractivity contribution in [3.63, 3.8) is 0 Å². The molecule has 0 radical (unpaired) electrons. The number of hydrogen-bond acceptors (Lipinski definition) is 6. The Kier molecular flexibility index (Phi) is 3.18. The Morgan fingerprint density at radius 2 is 2.22 bits per heavy atom. The van der Waals surface area contributed by atoms with Gasteiger partial charge in [-0.3, -0.25) is 4.72 Å². The molecule has 0 bridgehead atoms. The fourth-order valence-corrected chi connectivity index (χ4v) is 2.91. The minimum Gasteiger partial charge on any atom is -0.464 e. The Balaban J connectivity index is 2.48. The smallest absolute Gasteiger partial charge is 0.355 e. The van der Waals surface area contributed by atoms with Crippen LogP contribution in [0.2, 0.25) is 0 Å². The first-order valence-corrected chi connectivity index (χ1v) is 7.02. The van der Waals surface area contributed by atoms with Crippen molar-refractivity contribution < 1.29 is 17.9 Å². The number of aryl methyl sites for hydroxylation is 1. The van der Waals surface area contributed by atoms with Crippen molar-refractivity contribution in [2.75, 3.05) is 7.11 Å². The Labute approximate surface area is 107 Å². The highest BCUT2D eigenvalue weighted by molar-refractivity contribution is 7.88. The number of nitrogens with one attached hydrogen (secondary N) is 1. The predicted molar refractivity (Wildman–Crippen MR) is 65.5 cm³/mol. The molecule has 0 aromatic carbocycles. The molecular formula is C9H9N3O4S2. The Bertz CT molecular complexity index is 657. The number of carbonyl (C=O) groups excluding carboxylic acids is 1. The molecule has 1 aromatic heterocycles. The number of aromatic nitrogens is 1. The molecule has 0 spiro atoms. The van der Waals surface area contributed by atoms with Gasteiger partial charge < -0.3 is 4.74 Å². The van der Waals surface area contributed by atoms with Gasteiger partial charge >= 0.3 is 16.2 Å². The summed E-state index contributed by atoms with van der Waals surface area (Å²) in [5.74, 6) is -0.778. The molecule has 0 unspecified atom stereocenters. The number of methoxy groups -OCH3 is 1. The highest BCUT2D eigenvalue weighted by atomic mass is 32.2. The second-order valence-corrected chi connectivity index (χ2v) is 5.95. The molecule has 0 saturated heterocycles. The Hall–Kier alpha value is -1.74. The van der Waals surface area contributed by atoms with Gasteiger partial charge in [-0.05, 0) is 13.0 Å². The quantitative estimate of drug-likeness (QED) is 0.781. The molecule has 2 heterocycles. The van der Waals surface area contributed by atoms with Crippen LogP contribution in [0.5, 0.6) is 0 Å². The molecule has 0 fully saturated rings. The summed E-state index contributed by atoms with van der Waals surface area (Å²) in [6.07, 6.45) is 2.90. The standard InChI is InChI=1S/C9H9N3O4S2/c1-5-4-10-8(17-5)6-3-7(9(13)16-2)12-18(14,15)11-6/h3-4,12H,1-2H3. The molecule has 1 aliphatic heterocycles. The number of thiazole rings is 1. The summed E-state index contributed by atoms with van der Waals surface area (Å²) >= 11 is 1.29. The maximum atomic E-state index is 11.5. The van der Waals surface area contributed by atoms with Gasteiger partial charge in [-0.1, -0.05) is 0 Å². The van der Waals surface area contributed by atoms with Crippen molar-refractivity contribution in [3.05, 3.63) is 27.9 Å². The van der Waals surface area contributed by atoms with Crippen LogP contribution < -0.4 is 4.72 Å². The lowest BCUT2D eigenvalue weighted by molar-refractivity contribution is -0.136. The molecule has 7 nitrogen and oxygen atoms in total. The number of esters is 1. The van der Waals surface area contributed by atoms with Crippen LogP contribution in [0.1, 0.15) is 9.88 Å². The molecule has 0 amide bonds. The third-order valence-corrected chi connectivity index (χ3v) is 3.83. The van der Waals surface area contributed by atoms with Gasteiger partial charge in [0.15, 0.2) is 0 Å². The predicted octanol–water partition coefficient (Wildman–Crippen LogP) is 0.146. The molecule has 9 heteroatoms. The van der Waals surface area contributed by atoms with Crippen LogP contribution >= 0.6 is 11.3 Å². The lowest BCUT2D eigenvalue weighted by atomic mass is 10.3. The van der Waals surface area contributed by atoms with Gasteiger partial charge in [0.1, 0.15) is 16.4 Å². The van der Waals surface area contributed by atoms with E-state index in [1.54, 1.807) is 6.20 Å². The number of ether oxygens (including phenoxy) is 1. The van der Waals surface area contributed by atoms with E-state index >= 15 is 0 Å². The second kappa shape index (κ2) is 4.50. The number of rotatable bonds is 2. The second-order valence-electron chi connectivity index (χ2n) is 3.38. The van der Waals surface area contributed by atoms with Crippen LogP contribution in [-0.2, 0) is 19.7 Å². The van der Waals surface area contributed by atoms with Crippen molar-refractivity contribution in [2.45, 2.75) is 6.92 Å². The average Bonchev–Trinajstić information content (AvgIpc) is 2.72. The number of carbonyl (C=O) groups is 1. The topological polar surface area (TPSA) is 97.7 Å². The molecule has 1 N–H and O–H groups in total. The summed E-state index contributed by atoms with van der Waals surface area (Å²) in [6, 6.07) is 0. The molecule has 18 heavy (non-hydrogen) atoms. The van der Waals surface area contributed by atoms with Gasteiger partial charge in [-0.2, -0.15) is 8.42 Å². The van der Waals surface area contributed by atoms with Crippen molar-refractivity contribution in [1.29, 1.82) is 0 Å². The summed E-state index contributed by atoms with van der Waals surface area (Å²) in [4.78, 5) is 16.3. The number of hydrogen-bond donors (Lipinski definition) is 1. The normalized spacial score (nSPS) is 17.4. The zero-order chi connectivity index (χ0) is 13.3. The van der Waals surface area contributed by atoms with Gasteiger partial charge in [0.25, 0.3) is 0 Å². The maximum Gasteiger partial charge on any atom is 0.355 e. The summed E-state index contributed by atoms with van der Waals surface area (Å²) in [5.41, 5.74) is -0.0670. The molecule has 0 atom stereocenters. The molecule has 96 valence electrons. The van der Waals surface area contributed by atoms with Crippen LogP contribution in [0.25, 0.3) is 0 Å². The summed E-state index contributed by atoms with van der Waals surface area (Å²) in [6.45, 7) is 1.84. The molecular weight excluding hydrogens is 278 g/mol. The molecule has 1 aromatic rings. The SMILES string of the molecule is COC(=O)C1=CC(c2ncc(C)s2)=NS(=O)(=O)N1. The van der Waals surface area contributed by atoms with Gasteiger partial charge in [-0.15, -0.1) is 15.7 Å². The minimum atomic E-state index is -3.94. The van der Waals surface area contributed by atoms with E-state index in [2.05, 4.69) is 14.1 Å². The zero-order valence-corrected chi connectivity index (χ0v) is 11.1. The van der Waals surface area contributed by atoms with Gasteiger partial charge in [0.05, 0.1) is 7.11 Å². The Morgan fingerprint density at radius 1 is 1.50 bits per heavy atom. The fourth-order valence-electron chi connectivity index (χ4n) is 1.27. The number of nitrogens with zero attached hydrogens (tertiary/aromatic N) is 2. The lowest BCUT2D eigenvalue weighted by Gasteiger charge is -2.12. The van der Waals surface area contributed by atoms with E-state index in [9.17, 15) is 13.2 Å². The average molecular weight is 287 g/mol. The number of allylic oxidation sites excluding steroid dienone is 1. The first-order chi connectivity index (χ1) is 8.41. The third kappa shape index (κ3) is 2.57. The largest absolute Gasteiger partial charge is 0.464 e. The minimum absolute atomic E-state index is 0.118. The van der Waals surface area contributed by atoms with Crippen molar-refractivity contribution >= 4 is 33.2 Å². The van der Waals surface area contributed by atoms with E-state index in [4.69, 9.17) is 0 Å². The van der Waals surface area contributed by atoms with E-state index < -0.39 is 16.2 Å². The van der Waals surface area contributed by atoms with Gasteiger partial charge in [0.2, 0.25) is 0 Å². The summed E-state index contributed by atoms with van der Waals surface area (Å²) in [5, 5.41) is 0.430. The van der Waals surface area contributed by atoms with Crippen LogP contribution in [-0.4, -0.2) is 32.2 Å². The highest BCUT2D eigenvalue weighted by Gasteiger charge is 2.25. The molecule has 2 rings (SSSR count). The van der Waals surface area contributed by atoms with E-state index in [1.165, 1.54) is 17.4 Å². The van der Waals surface area contributed by atoms with E-state index in [0.29, 0.717) is 5.01 Å². The van der Waals surface area contributed by atoms with Crippen LogP contribution in [0.4, 0.5) is 0 Å². The maximum absolute atomic E-state index is 11.5. The van der Waals surface area contributed by atoms with E-state index in [1.807, 2.05) is 11.6 Å². The van der Waals surface area contributed by atoms with Crippen molar-refractivity contribution in [3.8, 4) is 0 Å². The third-order valence-electron chi connectivity index (χ3n) is 1.98. The van der Waals surface area contributed by atoms with E-state index in [-0.39, 0.29) is 11.4 Å². The molecule has 0 aliphatic carbocycles. The monoisotopic (exact) mass is 287 g/mol. The summed E-state index contributed by atoms with van der Waals surface area (Å²) in [7, 11) is -2.78. The van der Waals surface area contributed by atoms with Crippen molar-refractivity contribution in [2.24, 2.45) is 4.40 Å².